The summed E-state index contributed by atoms with van der Waals surface area (Å²) >= 11 is 1.50. The molecule has 5 heteroatoms. The summed E-state index contributed by atoms with van der Waals surface area (Å²) in [7, 11) is 1.37. The molecule has 1 atom stereocenters. The van der Waals surface area contributed by atoms with Crippen molar-refractivity contribution in [1.82, 2.24) is 0 Å². The topological polar surface area (TPSA) is 61.5 Å². The van der Waals surface area contributed by atoms with Gasteiger partial charge in [-0.25, -0.2) is 4.79 Å². The zero-order valence-electron chi connectivity index (χ0n) is 9.86. The average molecular weight is 253 g/mol. The fraction of sp³-hybridized carbons (Fsp3) is 0.417. The van der Waals surface area contributed by atoms with Crippen LogP contribution in [0.1, 0.15) is 28.4 Å². The highest BCUT2D eigenvalue weighted by Crippen LogP contribution is 2.36. The molecule has 0 fully saturated rings. The summed E-state index contributed by atoms with van der Waals surface area (Å²) in [6.07, 6.45) is 2.72. The van der Waals surface area contributed by atoms with Crippen LogP contribution in [0.4, 0.5) is 0 Å². The Balaban J connectivity index is 2.51. The summed E-state index contributed by atoms with van der Waals surface area (Å²) in [4.78, 5) is 12.5. The molecule has 0 radical (unpaired) electrons. The molecule has 0 saturated carbocycles. The molecular formula is C12H15NO3S. The molecule has 17 heavy (non-hydrogen) atoms. The minimum atomic E-state index is -0.347. The first-order chi connectivity index (χ1) is 8.17. The van der Waals surface area contributed by atoms with Crippen LogP contribution in [0.15, 0.2) is 17.0 Å². The van der Waals surface area contributed by atoms with Gasteiger partial charge in [-0.05, 0) is 18.4 Å². The number of esters is 1. The minimum Gasteiger partial charge on any atom is -0.493 e. The van der Waals surface area contributed by atoms with E-state index < -0.39 is 0 Å². The van der Waals surface area contributed by atoms with Crippen molar-refractivity contribution < 1.29 is 14.3 Å². The zero-order chi connectivity index (χ0) is 12.4. The molecule has 1 aliphatic rings. The highest BCUT2D eigenvalue weighted by Gasteiger charge is 2.22. The molecule has 0 saturated heterocycles. The lowest BCUT2D eigenvalue weighted by atomic mass is 9.99. The first kappa shape index (κ1) is 12.3. The van der Waals surface area contributed by atoms with E-state index in [2.05, 4.69) is 0 Å². The van der Waals surface area contributed by atoms with Gasteiger partial charge in [0.1, 0.15) is 5.75 Å². The van der Waals surface area contributed by atoms with Crippen LogP contribution < -0.4 is 10.5 Å². The fourth-order valence-corrected chi connectivity index (χ4v) is 2.49. The number of hydrogen-bond acceptors (Lipinski definition) is 5. The van der Waals surface area contributed by atoms with E-state index in [0.29, 0.717) is 17.9 Å². The third-order valence-corrected chi connectivity index (χ3v) is 3.60. The molecule has 0 amide bonds. The summed E-state index contributed by atoms with van der Waals surface area (Å²) in [5.74, 6) is 0.349. The van der Waals surface area contributed by atoms with Crippen molar-refractivity contribution in [3.63, 3.8) is 0 Å². The predicted octanol–water partition coefficient (Wildman–Crippen LogP) is 1.98. The van der Waals surface area contributed by atoms with Crippen molar-refractivity contribution in [1.29, 1.82) is 0 Å². The van der Waals surface area contributed by atoms with E-state index in [1.54, 1.807) is 6.07 Å². The van der Waals surface area contributed by atoms with Crippen LogP contribution >= 0.6 is 11.8 Å². The molecule has 0 bridgehead atoms. The van der Waals surface area contributed by atoms with Crippen molar-refractivity contribution in [3.8, 4) is 5.75 Å². The summed E-state index contributed by atoms with van der Waals surface area (Å²) < 4.78 is 10.3. The van der Waals surface area contributed by atoms with Crippen LogP contribution in [0.3, 0.4) is 0 Å². The molecule has 1 aliphatic heterocycles. The predicted molar refractivity (Wildman–Crippen MR) is 66.6 cm³/mol. The molecule has 0 aliphatic carbocycles. The third kappa shape index (κ3) is 2.25. The van der Waals surface area contributed by atoms with Crippen molar-refractivity contribution >= 4 is 17.7 Å². The number of ether oxygens (including phenoxy) is 2. The minimum absolute atomic E-state index is 0.0173. The SMILES string of the molecule is COC(=O)c1cc2c(cc1SC)C(N)CCO2. The molecule has 1 aromatic rings. The summed E-state index contributed by atoms with van der Waals surface area (Å²) in [5.41, 5.74) is 7.52. The van der Waals surface area contributed by atoms with Crippen molar-refractivity contribution in [2.45, 2.75) is 17.4 Å². The monoisotopic (exact) mass is 253 g/mol. The zero-order valence-corrected chi connectivity index (χ0v) is 10.7. The quantitative estimate of drug-likeness (QED) is 0.645. The number of benzene rings is 1. The van der Waals surface area contributed by atoms with Crippen LogP contribution in [-0.4, -0.2) is 25.9 Å². The molecule has 2 N–H and O–H groups in total. The number of carbonyl (C=O) groups is 1. The lowest BCUT2D eigenvalue weighted by molar-refractivity contribution is 0.0596. The molecule has 0 aromatic heterocycles. The first-order valence-electron chi connectivity index (χ1n) is 5.36. The first-order valence-corrected chi connectivity index (χ1v) is 6.58. The second kappa shape index (κ2) is 4.98. The van der Waals surface area contributed by atoms with Gasteiger partial charge in [-0.15, -0.1) is 11.8 Å². The van der Waals surface area contributed by atoms with E-state index in [0.717, 1.165) is 16.9 Å². The Hall–Kier alpha value is -1.20. The van der Waals surface area contributed by atoms with E-state index in [1.807, 2.05) is 12.3 Å². The normalized spacial score (nSPS) is 18.2. The van der Waals surface area contributed by atoms with E-state index in [1.165, 1.54) is 18.9 Å². The van der Waals surface area contributed by atoms with E-state index in [-0.39, 0.29) is 12.0 Å². The van der Waals surface area contributed by atoms with Gasteiger partial charge in [0.15, 0.2) is 0 Å². The van der Waals surface area contributed by atoms with Crippen LogP contribution in [0.5, 0.6) is 5.75 Å². The molecule has 1 unspecified atom stereocenters. The number of methoxy groups -OCH3 is 1. The molecule has 92 valence electrons. The fourth-order valence-electron chi connectivity index (χ4n) is 1.88. The molecule has 0 spiro atoms. The Morgan fingerprint density at radius 3 is 3.00 bits per heavy atom. The van der Waals surface area contributed by atoms with Gasteiger partial charge in [-0.2, -0.15) is 0 Å². The van der Waals surface area contributed by atoms with Gasteiger partial charge in [0.25, 0.3) is 0 Å². The van der Waals surface area contributed by atoms with Gasteiger partial charge in [0.05, 0.1) is 19.3 Å². The number of fused-ring (bicyclic) bond motifs is 1. The van der Waals surface area contributed by atoms with Crippen LogP contribution in [0.2, 0.25) is 0 Å². The maximum atomic E-state index is 11.6. The van der Waals surface area contributed by atoms with E-state index in [4.69, 9.17) is 15.2 Å². The number of rotatable bonds is 2. The van der Waals surface area contributed by atoms with Gasteiger partial charge >= 0.3 is 5.97 Å². The van der Waals surface area contributed by atoms with Gasteiger partial charge in [-0.3, -0.25) is 0 Å². The Morgan fingerprint density at radius 1 is 1.59 bits per heavy atom. The lowest BCUT2D eigenvalue weighted by Crippen LogP contribution is -2.21. The van der Waals surface area contributed by atoms with Crippen LogP contribution in [-0.2, 0) is 4.74 Å². The Morgan fingerprint density at radius 2 is 2.35 bits per heavy atom. The maximum absolute atomic E-state index is 11.6. The Kier molecular flexibility index (Phi) is 3.59. The van der Waals surface area contributed by atoms with E-state index >= 15 is 0 Å². The second-order valence-electron chi connectivity index (χ2n) is 3.83. The highest BCUT2D eigenvalue weighted by molar-refractivity contribution is 7.98. The van der Waals surface area contributed by atoms with E-state index in [9.17, 15) is 4.79 Å². The number of carbonyl (C=O) groups excluding carboxylic acids is 1. The third-order valence-electron chi connectivity index (χ3n) is 2.82. The average Bonchev–Trinajstić information content (AvgIpc) is 2.37. The molecule has 1 heterocycles. The van der Waals surface area contributed by atoms with Gasteiger partial charge in [-0.1, -0.05) is 0 Å². The number of nitrogens with two attached hydrogens (primary N) is 1. The largest absolute Gasteiger partial charge is 0.493 e. The highest BCUT2D eigenvalue weighted by atomic mass is 32.2. The second-order valence-corrected chi connectivity index (χ2v) is 4.67. The van der Waals surface area contributed by atoms with Crippen molar-refractivity contribution in [2.75, 3.05) is 20.0 Å². The smallest absolute Gasteiger partial charge is 0.339 e. The Labute approximate surface area is 104 Å². The summed E-state index contributed by atoms with van der Waals surface area (Å²) in [6, 6.07) is 3.64. The summed E-state index contributed by atoms with van der Waals surface area (Å²) in [5, 5.41) is 0. The van der Waals surface area contributed by atoms with Crippen LogP contribution in [0.25, 0.3) is 0 Å². The maximum Gasteiger partial charge on any atom is 0.339 e. The molecule has 1 aromatic carbocycles. The molecule has 4 nitrogen and oxygen atoms in total. The van der Waals surface area contributed by atoms with Gasteiger partial charge in [0.2, 0.25) is 0 Å². The molecular weight excluding hydrogens is 238 g/mol. The van der Waals surface area contributed by atoms with Crippen molar-refractivity contribution in [3.05, 3.63) is 23.3 Å². The standard InChI is InChI=1S/C12H15NO3S/c1-15-12(14)8-5-10-7(6-11(8)17-2)9(13)3-4-16-10/h5-6,9H,3-4,13H2,1-2H3. The van der Waals surface area contributed by atoms with Crippen molar-refractivity contribution in [2.24, 2.45) is 5.73 Å². The number of hydrogen-bond donors (Lipinski definition) is 1. The van der Waals surface area contributed by atoms with Gasteiger partial charge < -0.3 is 15.2 Å². The van der Waals surface area contributed by atoms with Crippen LogP contribution in [0, 0.1) is 0 Å². The lowest BCUT2D eigenvalue weighted by Gasteiger charge is -2.24. The summed E-state index contributed by atoms with van der Waals surface area (Å²) in [6.45, 7) is 0.591. The molecule has 2 rings (SSSR count). The van der Waals surface area contributed by atoms with Gasteiger partial charge in [0, 0.05) is 22.9 Å². The Bertz CT molecular complexity index is 448. The number of thioether (sulfide) groups is 1.